The summed E-state index contributed by atoms with van der Waals surface area (Å²) in [6, 6.07) is 25.6. The van der Waals surface area contributed by atoms with E-state index in [1.807, 2.05) is 60.7 Å². The van der Waals surface area contributed by atoms with E-state index in [-0.39, 0.29) is 23.1 Å². The molecule has 46 heavy (non-hydrogen) atoms. The van der Waals surface area contributed by atoms with E-state index in [1.54, 1.807) is 12.1 Å². The van der Waals surface area contributed by atoms with Crippen molar-refractivity contribution in [1.82, 2.24) is 4.57 Å². The van der Waals surface area contributed by atoms with Gasteiger partial charge in [0.25, 0.3) is 0 Å². The summed E-state index contributed by atoms with van der Waals surface area (Å²) < 4.78 is 2.14. The third kappa shape index (κ3) is 7.64. The molecule has 0 aliphatic heterocycles. The van der Waals surface area contributed by atoms with Gasteiger partial charge in [0.2, 0.25) is 0 Å². The highest BCUT2D eigenvalue weighted by atomic mass is 16.3. The average Bonchev–Trinajstić information content (AvgIpc) is 3.41. The van der Waals surface area contributed by atoms with E-state index < -0.39 is 0 Å². The molecule has 0 fully saturated rings. The quantitative estimate of drug-likeness (QED) is 0.0834. The summed E-state index contributed by atoms with van der Waals surface area (Å²) in [7, 11) is 0. The molecule has 0 saturated carbocycles. The maximum Gasteiger partial charge on any atom is 0.193 e. The predicted molar refractivity (Wildman–Crippen MR) is 188 cm³/mol. The number of hydrogen-bond acceptors (Lipinski definition) is 4. The number of aromatic hydroxyl groups is 1. The fourth-order valence-corrected chi connectivity index (χ4v) is 6.26. The van der Waals surface area contributed by atoms with E-state index in [2.05, 4.69) is 18.4 Å². The van der Waals surface area contributed by atoms with Crippen LogP contribution in [0.1, 0.15) is 128 Å². The molecule has 238 valence electrons. The van der Waals surface area contributed by atoms with Crippen molar-refractivity contribution in [2.75, 3.05) is 0 Å². The van der Waals surface area contributed by atoms with E-state index in [0.717, 1.165) is 59.6 Å². The van der Waals surface area contributed by atoms with Gasteiger partial charge in [-0.2, -0.15) is 0 Å². The molecule has 0 spiro atoms. The number of carbonyl (C=O) groups is 3. The molecule has 0 radical (unpaired) electrons. The summed E-state index contributed by atoms with van der Waals surface area (Å²) in [5, 5.41) is 11.5. The Morgan fingerprint density at radius 2 is 0.978 bits per heavy atom. The van der Waals surface area contributed by atoms with Gasteiger partial charge in [0, 0.05) is 51.6 Å². The first kappa shape index (κ1) is 32.9. The summed E-state index contributed by atoms with van der Waals surface area (Å²) in [5.74, 6) is 0.269. The highest BCUT2D eigenvalue weighted by molar-refractivity contribution is 6.16. The first-order chi connectivity index (χ1) is 22.4. The SMILES string of the molecule is CCCCCCCC(=O)c1ccc(-n2c3ccc(C(=O)CCCCCCC)cc3c3cc(C(=O)c4ccc(O)cc4)ccc32)cc1. The molecule has 5 nitrogen and oxygen atoms in total. The van der Waals surface area contributed by atoms with Crippen molar-refractivity contribution in [1.29, 1.82) is 0 Å². The van der Waals surface area contributed by atoms with Crippen LogP contribution in [-0.4, -0.2) is 27.0 Å². The van der Waals surface area contributed by atoms with Crippen molar-refractivity contribution >= 4 is 39.2 Å². The average molecular weight is 616 g/mol. The normalized spacial score (nSPS) is 11.3. The molecule has 1 heterocycles. The number of benzene rings is 4. The van der Waals surface area contributed by atoms with Gasteiger partial charge in [-0.05, 0) is 97.8 Å². The van der Waals surface area contributed by atoms with Gasteiger partial charge in [-0.25, -0.2) is 0 Å². The van der Waals surface area contributed by atoms with Crippen LogP contribution in [0, 0.1) is 0 Å². The van der Waals surface area contributed by atoms with E-state index in [0.29, 0.717) is 35.1 Å². The Hall–Kier alpha value is -4.51. The first-order valence-electron chi connectivity index (χ1n) is 17.0. The van der Waals surface area contributed by atoms with Gasteiger partial charge in [-0.15, -0.1) is 0 Å². The van der Waals surface area contributed by atoms with Crippen LogP contribution in [0.3, 0.4) is 0 Å². The molecular formula is C41H45NO4. The highest BCUT2D eigenvalue weighted by Gasteiger charge is 2.18. The van der Waals surface area contributed by atoms with Gasteiger partial charge in [-0.1, -0.05) is 65.2 Å². The van der Waals surface area contributed by atoms with Crippen LogP contribution in [0.5, 0.6) is 5.75 Å². The van der Waals surface area contributed by atoms with Crippen LogP contribution >= 0.6 is 0 Å². The Morgan fingerprint density at radius 1 is 0.522 bits per heavy atom. The number of hydrogen-bond donors (Lipinski definition) is 1. The Labute approximate surface area is 272 Å². The van der Waals surface area contributed by atoms with E-state index in [4.69, 9.17) is 0 Å². The number of aromatic nitrogens is 1. The van der Waals surface area contributed by atoms with E-state index in [9.17, 15) is 19.5 Å². The molecule has 5 aromatic rings. The lowest BCUT2D eigenvalue weighted by Gasteiger charge is -2.10. The second kappa shape index (κ2) is 15.7. The standard InChI is InChI=1S/C41H45NO4/c1-3-5-7-9-11-13-39(44)29-15-21-33(22-16-29)42-37-25-19-31(40(45)14-12-10-8-6-4-2)27-35(37)36-28-32(20-26-38(36)42)41(46)30-17-23-34(43)24-18-30/h15-28,43H,3-14H2,1-2H3. The number of carbonyl (C=O) groups excluding carboxylic acids is 3. The number of nitrogens with zero attached hydrogens (tertiary/aromatic N) is 1. The third-order valence-corrected chi connectivity index (χ3v) is 8.94. The maximum absolute atomic E-state index is 13.4. The molecular weight excluding hydrogens is 570 g/mol. The Bertz CT molecular complexity index is 1810. The molecule has 0 atom stereocenters. The summed E-state index contributed by atoms with van der Waals surface area (Å²) >= 11 is 0. The van der Waals surface area contributed by atoms with Crippen molar-refractivity contribution in [2.24, 2.45) is 0 Å². The van der Waals surface area contributed by atoms with Crippen molar-refractivity contribution in [3.05, 3.63) is 107 Å². The minimum Gasteiger partial charge on any atom is -0.508 e. The summed E-state index contributed by atoms with van der Waals surface area (Å²) in [6.45, 7) is 4.37. The maximum atomic E-state index is 13.4. The number of fused-ring (bicyclic) bond motifs is 3. The molecule has 0 aliphatic carbocycles. The Kier molecular flexibility index (Phi) is 11.2. The van der Waals surface area contributed by atoms with Gasteiger partial charge < -0.3 is 9.67 Å². The Balaban J connectivity index is 1.50. The monoisotopic (exact) mass is 615 g/mol. The molecule has 0 bridgehead atoms. The first-order valence-corrected chi connectivity index (χ1v) is 17.0. The zero-order valence-corrected chi connectivity index (χ0v) is 27.2. The summed E-state index contributed by atoms with van der Waals surface area (Å²) in [6.07, 6.45) is 12.1. The minimum atomic E-state index is -0.139. The lowest BCUT2D eigenvalue weighted by atomic mass is 9.99. The highest BCUT2D eigenvalue weighted by Crippen LogP contribution is 2.34. The molecule has 0 amide bonds. The van der Waals surface area contributed by atoms with Crippen LogP contribution in [0.15, 0.2) is 84.9 Å². The van der Waals surface area contributed by atoms with Gasteiger partial charge in [0.05, 0.1) is 11.0 Å². The smallest absolute Gasteiger partial charge is 0.193 e. The zero-order chi connectivity index (χ0) is 32.5. The molecule has 1 N–H and O–H groups in total. The van der Waals surface area contributed by atoms with Gasteiger partial charge in [-0.3, -0.25) is 14.4 Å². The van der Waals surface area contributed by atoms with Crippen LogP contribution < -0.4 is 0 Å². The second-order valence-electron chi connectivity index (χ2n) is 12.4. The van der Waals surface area contributed by atoms with Crippen molar-refractivity contribution < 1.29 is 19.5 Å². The molecule has 0 unspecified atom stereocenters. The number of rotatable bonds is 17. The number of Topliss-reactive ketones (excluding diaryl/α,β-unsaturated/α-hetero) is 2. The van der Waals surface area contributed by atoms with Crippen LogP contribution in [0.4, 0.5) is 0 Å². The zero-order valence-electron chi connectivity index (χ0n) is 27.2. The van der Waals surface area contributed by atoms with Crippen LogP contribution in [0.25, 0.3) is 27.5 Å². The molecule has 0 aliphatic rings. The van der Waals surface area contributed by atoms with Crippen LogP contribution in [0.2, 0.25) is 0 Å². The number of ketones is 3. The minimum absolute atomic E-state index is 0.109. The second-order valence-corrected chi connectivity index (χ2v) is 12.4. The largest absolute Gasteiger partial charge is 0.508 e. The summed E-state index contributed by atoms with van der Waals surface area (Å²) in [5.41, 5.74) is 5.17. The number of unbranched alkanes of at least 4 members (excludes halogenated alkanes) is 8. The molecule has 5 heteroatoms. The molecule has 0 saturated heterocycles. The topological polar surface area (TPSA) is 76.4 Å². The van der Waals surface area contributed by atoms with Crippen LogP contribution in [-0.2, 0) is 0 Å². The third-order valence-electron chi connectivity index (χ3n) is 8.94. The van der Waals surface area contributed by atoms with E-state index in [1.165, 1.54) is 44.2 Å². The molecule has 1 aromatic heterocycles. The van der Waals surface area contributed by atoms with Crippen molar-refractivity contribution in [2.45, 2.75) is 90.9 Å². The molecule has 4 aromatic carbocycles. The number of phenols is 1. The van der Waals surface area contributed by atoms with E-state index >= 15 is 0 Å². The number of phenolic OH excluding ortho intramolecular Hbond substituents is 1. The molecule has 5 rings (SSSR count). The fraction of sp³-hybridized carbons (Fsp3) is 0.341. The van der Waals surface area contributed by atoms with Gasteiger partial charge >= 0.3 is 0 Å². The predicted octanol–water partition coefficient (Wildman–Crippen LogP) is 10.8. The lowest BCUT2D eigenvalue weighted by Crippen LogP contribution is -2.02. The summed E-state index contributed by atoms with van der Waals surface area (Å²) in [4.78, 5) is 39.6. The van der Waals surface area contributed by atoms with Gasteiger partial charge in [0.1, 0.15) is 5.75 Å². The van der Waals surface area contributed by atoms with Gasteiger partial charge in [0.15, 0.2) is 17.3 Å². The van der Waals surface area contributed by atoms with Crippen molar-refractivity contribution in [3.63, 3.8) is 0 Å². The van der Waals surface area contributed by atoms with Crippen molar-refractivity contribution in [3.8, 4) is 11.4 Å². The fourth-order valence-electron chi connectivity index (χ4n) is 6.26. The Morgan fingerprint density at radius 3 is 1.54 bits per heavy atom. The lowest BCUT2D eigenvalue weighted by molar-refractivity contribution is 0.0971.